The molecule has 2 heteroatoms. The Bertz CT molecular complexity index is 510. The Hall–Kier alpha value is -0.630. The van der Waals surface area contributed by atoms with Crippen LogP contribution in [-0.2, 0) is 4.79 Å². The monoisotopic (exact) mass is 301 g/mol. The quantitative estimate of drug-likeness (QED) is 0.792. The van der Waals surface area contributed by atoms with E-state index in [0.29, 0.717) is 23.2 Å². The number of hydrogen-bond donors (Lipinski definition) is 1. The van der Waals surface area contributed by atoms with Crippen LogP contribution in [0, 0.1) is 35.0 Å². The van der Waals surface area contributed by atoms with Crippen LogP contribution in [0.5, 0.6) is 0 Å². The third-order valence-electron chi connectivity index (χ3n) is 8.07. The highest BCUT2D eigenvalue weighted by molar-refractivity contribution is 5.91. The summed E-state index contributed by atoms with van der Waals surface area (Å²) in [5.74, 6) is 4.42. The normalized spacial score (nSPS) is 50.9. The second-order valence-corrected chi connectivity index (χ2v) is 8.78. The predicted octanol–water partition coefficient (Wildman–Crippen LogP) is 4.09. The molecule has 4 aliphatic rings. The molecule has 0 radical (unpaired) electrons. The SMILES string of the molecule is CC[C@@H]1CC2=CC(=O)CC[C@@H]2[C@H]2CC[C@]3(C)[C@@H](N)CC[C@H]3[C@H]12. The number of ketones is 1. The fourth-order valence-corrected chi connectivity index (χ4v) is 6.84. The van der Waals surface area contributed by atoms with Gasteiger partial charge < -0.3 is 5.73 Å². The molecule has 0 aliphatic heterocycles. The summed E-state index contributed by atoms with van der Waals surface area (Å²) in [7, 11) is 0. The molecule has 0 saturated heterocycles. The Morgan fingerprint density at radius 1 is 1.27 bits per heavy atom. The van der Waals surface area contributed by atoms with Gasteiger partial charge in [0.25, 0.3) is 0 Å². The highest BCUT2D eigenvalue weighted by Crippen LogP contribution is 2.63. The van der Waals surface area contributed by atoms with E-state index in [4.69, 9.17) is 5.73 Å². The van der Waals surface area contributed by atoms with Crippen molar-refractivity contribution in [3.8, 4) is 0 Å². The molecule has 122 valence electrons. The van der Waals surface area contributed by atoms with Crippen molar-refractivity contribution in [3.05, 3.63) is 11.6 Å². The molecule has 0 aromatic rings. The maximum Gasteiger partial charge on any atom is 0.155 e. The highest BCUT2D eigenvalue weighted by atomic mass is 16.1. The lowest BCUT2D eigenvalue weighted by Gasteiger charge is -2.56. The van der Waals surface area contributed by atoms with Gasteiger partial charge in [0, 0.05) is 12.5 Å². The van der Waals surface area contributed by atoms with Gasteiger partial charge in [0.2, 0.25) is 0 Å². The van der Waals surface area contributed by atoms with Gasteiger partial charge in [-0.3, -0.25) is 4.79 Å². The molecule has 0 amide bonds. The van der Waals surface area contributed by atoms with Gasteiger partial charge in [0.05, 0.1) is 0 Å². The smallest absolute Gasteiger partial charge is 0.155 e. The molecule has 0 heterocycles. The number of nitrogens with two attached hydrogens (primary N) is 1. The molecule has 4 aliphatic carbocycles. The van der Waals surface area contributed by atoms with Crippen LogP contribution in [0.1, 0.15) is 65.2 Å². The first kappa shape index (κ1) is 14.9. The molecular formula is C20H31NO. The molecule has 4 rings (SSSR count). The van der Waals surface area contributed by atoms with Crippen LogP contribution < -0.4 is 5.73 Å². The van der Waals surface area contributed by atoms with E-state index < -0.39 is 0 Å². The van der Waals surface area contributed by atoms with Crippen LogP contribution in [0.15, 0.2) is 11.6 Å². The summed E-state index contributed by atoms with van der Waals surface area (Å²) >= 11 is 0. The number of fused-ring (bicyclic) bond motifs is 5. The molecule has 0 bridgehead atoms. The Balaban J connectivity index is 1.70. The topological polar surface area (TPSA) is 43.1 Å². The molecule has 0 aromatic heterocycles. The molecule has 2 N–H and O–H groups in total. The molecule has 22 heavy (non-hydrogen) atoms. The highest BCUT2D eigenvalue weighted by Gasteiger charge is 2.57. The molecule has 0 aromatic carbocycles. The first-order chi connectivity index (χ1) is 10.5. The lowest BCUT2D eigenvalue weighted by molar-refractivity contribution is -0.116. The number of allylic oxidation sites excluding steroid dienone is 1. The Kier molecular flexibility index (Phi) is 3.52. The van der Waals surface area contributed by atoms with Crippen LogP contribution in [-0.4, -0.2) is 11.8 Å². The number of carbonyl (C=O) groups excluding carboxylic acids is 1. The minimum absolute atomic E-state index is 0.378. The summed E-state index contributed by atoms with van der Waals surface area (Å²) in [6.45, 7) is 4.84. The Morgan fingerprint density at radius 2 is 2.09 bits per heavy atom. The fourth-order valence-electron chi connectivity index (χ4n) is 6.84. The molecule has 3 fully saturated rings. The molecular weight excluding hydrogens is 270 g/mol. The van der Waals surface area contributed by atoms with Gasteiger partial charge in [0.1, 0.15) is 0 Å². The third kappa shape index (κ3) is 1.99. The van der Waals surface area contributed by atoms with Crippen molar-refractivity contribution in [1.29, 1.82) is 0 Å². The van der Waals surface area contributed by atoms with Gasteiger partial charge >= 0.3 is 0 Å². The minimum Gasteiger partial charge on any atom is -0.327 e. The van der Waals surface area contributed by atoms with Gasteiger partial charge in [-0.1, -0.05) is 25.8 Å². The van der Waals surface area contributed by atoms with E-state index in [1.807, 2.05) is 6.08 Å². The molecule has 3 saturated carbocycles. The van der Waals surface area contributed by atoms with E-state index >= 15 is 0 Å². The average molecular weight is 301 g/mol. The molecule has 0 unspecified atom stereocenters. The second kappa shape index (κ2) is 5.19. The molecule has 0 spiro atoms. The van der Waals surface area contributed by atoms with E-state index in [0.717, 1.165) is 36.5 Å². The van der Waals surface area contributed by atoms with E-state index in [2.05, 4.69) is 13.8 Å². The Morgan fingerprint density at radius 3 is 2.86 bits per heavy atom. The zero-order valence-corrected chi connectivity index (χ0v) is 14.2. The predicted molar refractivity (Wildman–Crippen MR) is 89.2 cm³/mol. The maximum absolute atomic E-state index is 11.9. The second-order valence-electron chi connectivity index (χ2n) is 8.78. The lowest BCUT2D eigenvalue weighted by atomic mass is 9.49. The van der Waals surface area contributed by atoms with Crippen LogP contribution in [0.25, 0.3) is 0 Å². The summed E-state index contributed by atoms with van der Waals surface area (Å²) in [6.07, 6.45) is 11.6. The van der Waals surface area contributed by atoms with Crippen LogP contribution in [0.4, 0.5) is 0 Å². The summed E-state index contributed by atoms with van der Waals surface area (Å²) < 4.78 is 0. The zero-order chi connectivity index (χ0) is 15.5. The summed E-state index contributed by atoms with van der Waals surface area (Å²) in [4.78, 5) is 11.9. The van der Waals surface area contributed by atoms with Crippen LogP contribution in [0.3, 0.4) is 0 Å². The lowest BCUT2D eigenvalue weighted by Crippen LogP contribution is -2.52. The van der Waals surface area contributed by atoms with E-state index in [1.165, 1.54) is 44.1 Å². The van der Waals surface area contributed by atoms with Crippen molar-refractivity contribution in [2.75, 3.05) is 0 Å². The maximum atomic E-state index is 11.9. The third-order valence-corrected chi connectivity index (χ3v) is 8.07. The van der Waals surface area contributed by atoms with Gasteiger partial charge in [0.15, 0.2) is 5.78 Å². The van der Waals surface area contributed by atoms with Crippen molar-refractivity contribution in [1.82, 2.24) is 0 Å². The molecule has 7 atom stereocenters. The van der Waals surface area contributed by atoms with E-state index in [9.17, 15) is 4.79 Å². The van der Waals surface area contributed by atoms with Crippen LogP contribution in [0.2, 0.25) is 0 Å². The Labute approximate surface area is 134 Å². The van der Waals surface area contributed by atoms with Crippen molar-refractivity contribution in [3.63, 3.8) is 0 Å². The van der Waals surface area contributed by atoms with Gasteiger partial charge in [-0.05, 0) is 79.6 Å². The van der Waals surface area contributed by atoms with Gasteiger partial charge in [-0.2, -0.15) is 0 Å². The number of rotatable bonds is 1. The minimum atomic E-state index is 0.378. The first-order valence-electron chi connectivity index (χ1n) is 9.53. The summed E-state index contributed by atoms with van der Waals surface area (Å²) in [5.41, 5.74) is 8.42. The largest absolute Gasteiger partial charge is 0.327 e. The standard InChI is InChI=1S/C20H31NO/c1-3-12-10-13-11-14(22)4-5-15(13)16-8-9-20(2)17(19(12)16)6-7-18(20)21/h11-12,15-19H,3-10,21H2,1-2H3/t12-,15+,16-,17+,18+,19-,20+/m1/s1. The fraction of sp³-hybridized carbons (Fsp3) is 0.850. The average Bonchev–Trinajstić information content (AvgIpc) is 2.81. The zero-order valence-electron chi connectivity index (χ0n) is 14.2. The van der Waals surface area contributed by atoms with Crippen molar-refractivity contribution >= 4 is 5.78 Å². The first-order valence-corrected chi connectivity index (χ1v) is 9.53. The van der Waals surface area contributed by atoms with Crippen molar-refractivity contribution < 1.29 is 4.79 Å². The summed E-state index contributed by atoms with van der Waals surface area (Å²) in [6, 6.07) is 0.417. The van der Waals surface area contributed by atoms with Gasteiger partial charge in [-0.15, -0.1) is 0 Å². The number of hydrogen-bond acceptors (Lipinski definition) is 2. The van der Waals surface area contributed by atoms with Crippen molar-refractivity contribution in [2.45, 2.75) is 71.3 Å². The summed E-state index contributed by atoms with van der Waals surface area (Å²) in [5, 5.41) is 0. The van der Waals surface area contributed by atoms with E-state index in [1.54, 1.807) is 0 Å². The van der Waals surface area contributed by atoms with Gasteiger partial charge in [-0.25, -0.2) is 0 Å². The number of carbonyl (C=O) groups is 1. The van der Waals surface area contributed by atoms with E-state index in [-0.39, 0.29) is 0 Å². The molecule has 2 nitrogen and oxygen atoms in total. The van der Waals surface area contributed by atoms with Crippen LogP contribution >= 0.6 is 0 Å². The van der Waals surface area contributed by atoms with Crippen molar-refractivity contribution in [2.24, 2.45) is 40.7 Å².